The molecule has 2 rings (SSSR count). The van der Waals surface area contributed by atoms with Crippen molar-refractivity contribution in [2.75, 3.05) is 31.6 Å². The summed E-state index contributed by atoms with van der Waals surface area (Å²) in [6.07, 6.45) is 0.354. The van der Waals surface area contributed by atoms with Crippen molar-refractivity contribution in [3.63, 3.8) is 0 Å². The molecule has 1 saturated heterocycles. The fraction of sp³-hybridized carbons (Fsp3) is 0.467. The molecule has 7 heteroatoms. The van der Waals surface area contributed by atoms with E-state index in [9.17, 15) is 9.59 Å². The van der Waals surface area contributed by atoms with Crippen molar-refractivity contribution in [1.29, 1.82) is 0 Å². The molecule has 0 spiro atoms. The van der Waals surface area contributed by atoms with E-state index >= 15 is 0 Å². The van der Waals surface area contributed by atoms with Crippen LogP contribution in [0.15, 0.2) is 24.3 Å². The van der Waals surface area contributed by atoms with Crippen LogP contribution in [0.5, 0.6) is 0 Å². The van der Waals surface area contributed by atoms with Crippen molar-refractivity contribution in [3.05, 3.63) is 29.8 Å². The van der Waals surface area contributed by atoms with Crippen LogP contribution in [0, 0.1) is 0 Å². The second-order valence-electron chi connectivity index (χ2n) is 4.98. The average molecular weight is 328 g/mol. The number of benzene rings is 1. The van der Waals surface area contributed by atoms with E-state index < -0.39 is 0 Å². The number of ether oxygens (including phenoxy) is 1. The first-order valence-corrected chi connectivity index (χ1v) is 7.12. The first-order chi connectivity index (χ1) is 10.1. The quantitative estimate of drug-likeness (QED) is 0.744. The van der Waals surface area contributed by atoms with Crippen LogP contribution in [-0.4, -0.2) is 44.2 Å². The summed E-state index contributed by atoms with van der Waals surface area (Å²) in [6, 6.07) is 7.59. The third-order valence-corrected chi connectivity index (χ3v) is 3.21. The van der Waals surface area contributed by atoms with E-state index in [1.807, 2.05) is 24.3 Å². The zero-order valence-electron chi connectivity index (χ0n) is 12.6. The Hall–Kier alpha value is -1.63. The third kappa shape index (κ3) is 6.01. The molecule has 1 unspecified atom stereocenters. The highest BCUT2D eigenvalue weighted by molar-refractivity contribution is 5.88. The van der Waals surface area contributed by atoms with Crippen LogP contribution in [0.25, 0.3) is 0 Å². The van der Waals surface area contributed by atoms with Gasteiger partial charge < -0.3 is 20.7 Å². The molecule has 0 radical (unpaired) electrons. The third-order valence-electron chi connectivity index (χ3n) is 3.21. The van der Waals surface area contributed by atoms with Gasteiger partial charge in [0, 0.05) is 32.2 Å². The molecule has 6 nitrogen and oxygen atoms in total. The molecule has 1 atom stereocenters. The van der Waals surface area contributed by atoms with E-state index in [-0.39, 0.29) is 30.3 Å². The standard InChI is InChI=1S/C15H21N3O3.ClH/c1-11(19)18-13-4-2-12(3-5-13)6-7-17-15(20)14-10-16-8-9-21-14;/h2-5,14,16H,6-10H2,1H3,(H,17,20)(H,18,19);1H. The largest absolute Gasteiger partial charge is 0.366 e. The Balaban J connectivity index is 0.00000242. The van der Waals surface area contributed by atoms with Crippen molar-refractivity contribution in [1.82, 2.24) is 10.6 Å². The molecule has 22 heavy (non-hydrogen) atoms. The zero-order chi connectivity index (χ0) is 15.1. The molecule has 1 heterocycles. The van der Waals surface area contributed by atoms with Crippen LogP contribution in [0.1, 0.15) is 12.5 Å². The number of hydrogen-bond acceptors (Lipinski definition) is 4. The van der Waals surface area contributed by atoms with E-state index in [0.29, 0.717) is 19.7 Å². The first kappa shape index (κ1) is 18.4. The predicted octanol–water partition coefficient (Wildman–Crippen LogP) is 0.714. The van der Waals surface area contributed by atoms with E-state index in [0.717, 1.165) is 24.2 Å². The number of hydrogen-bond donors (Lipinski definition) is 3. The van der Waals surface area contributed by atoms with Gasteiger partial charge in [-0.25, -0.2) is 0 Å². The van der Waals surface area contributed by atoms with Crippen LogP contribution in [-0.2, 0) is 20.7 Å². The van der Waals surface area contributed by atoms with E-state index in [2.05, 4.69) is 16.0 Å². The van der Waals surface area contributed by atoms with Gasteiger partial charge in [0.05, 0.1) is 6.61 Å². The Kier molecular flexibility index (Phi) is 7.87. The first-order valence-electron chi connectivity index (χ1n) is 7.12. The molecule has 3 N–H and O–H groups in total. The second kappa shape index (κ2) is 9.40. The lowest BCUT2D eigenvalue weighted by molar-refractivity contribution is -0.134. The minimum Gasteiger partial charge on any atom is -0.366 e. The summed E-state index contributed by atoms with van der Waals surface area (Å²) in [5.74, 6) is -0.159. The summed E-state index contributed by atoms with van der Waals surface area (Å²) in [5, 5.41) is 8.72. The van der Waals surface area contributed by atoms with Gasteiger partial charge in [-0.1, -0.05) is 12.1 Å². The van der Waals surface area contributed by atoms with E-state index in [1.165, 1.54) is 6.92 Å². The Morgan fingerprint density at radius 3 is 2.64 bits per heavy atom. The molecule has 0 bridgehead atoms. The van der Waals surface area contributed by atoms with Gasteiger partial charge in [-0.05, 0) is 24.1 Å². The van der Waals surface area contributed by atoms with Crippen LogP contribution in [0.3, 0.4) is 0 Å². The van der Waals surface area contributed by atoms with E-state index in [1.54, 1.807) is 0 Å². The molecule has 0 saturated carbocycles. The van der Waals surface area contributed by atoms with Crippen molar-refractivity contribution in [2.45, 2.75) is 19.4 Å². The van der Waals surface area contributed by atoms with Gasteiger partial charge in [-0.3, -0.25) is 9.59 Å². The molecule has 1 aromatic carbocycles. The van der Waals surface area contributed by atoms with Gasteiger partial charge in [-0.2, -0.15) is 0 Å². The van der Waals surface area contributed by atoms with Crippen LogP contribution in [0.4, 0.5) is 5.69 Å². The van der Waals surface area contributed by atoms with Crippen molar-refractivity contribution in [3.8, 4) is 0 Å². The number of nitrogens with one attached hydrogen (secondary N) is 3. The Morgan fingerprint density at radius 1 is 1.32 bits per heavy atom. The maximum atomic E-state index is 11.8. The van der Waals surface area contributed by atoms with Crippen molar-refractivity contribution < 1.29 is 14.3 Å². The predicted molar refractivity (Wildman–Crippen MR) is 87.3 cm³/mol. The highest BCUT2D eigenvalue weighted by atomic mass is 35.5. The molecule has 122 valence electrons. The number of morpholine rings is 1. The normalized spacial score (nSPS) is 17.2. The summed E-state index contributed by atoms with van der Waals surface area (Å²) in [7, 11) is 0. The summed E-state index contributed by atoms with van der Waals surface area (Å²) in [5.41, 5.74) is 1.88. The van der Waals surface area contributed by atoms with Crippen molar-refractivity contribution in [2.24, 2.45) is 0 Å². The fourth-order valence-corrected chi connectivity index (χ4v) is 2.14. The maximum absolute atomic E-state index is 11.8. The molecular formula is C15H22ClN3O3. The molecule has 1 aliphatic heterocycles. The minimum absolute atomic E-state index is 0. The number of carbonyl (C=O) groups is 2. The van der Waals surface area contributed by atoms with Gasteiger partial charge >= 0.3 is 0 Å². The molecule has 0 aliphatic carbocycles. The number of rotatable bonds is 5. The number of carbonyl (C=O) groups excluding carboxylic acids is 2. The average Bonchev–Trinajstić information content (AvgIpc) is 2.49. The Labute approximate surface area is 136 Å². The van der Waals surface area contributed by atoms with Crippen LogP contribution < -0.4 is 16.0 Å². The molecule has 2 amide bonds. The zero-order valence-corrected chi connectivity index (χ0v) is 13.4. The minimum atomic E-state index is -0.388. The SMILES string of the molecule is CC(=O)Nc1ccc(CCNC(=O)C2CNCCO2)cc1.Cl. The van der Waals surface area contributed by atoms with Gasteiger partial charge in [0.25, 0.3) is 0 Å². The van der Waals surface area contributed by atoms with Gasteiger partial charge in [0.2, 0.25) is 11.8 Å². The smallest absolute Gasteiger partial charge is 0.250 e. The lowest BCUT2D eigenvalue weighted by atomic mass is 10.1. The van der Waals surface area contributed by atoms with Crippen molar-refractivity contribution >= 4 is 29.9 Å². The summed E-state index contributed by atoms with van der Waals surface area (Å²) < 4.78 is 5.38. The van der Waals surface area contributed by atoms with Crippen LogP contribution in [0.2, 0.25) is 0 Å². The Bertz CT molecular complexity index is 487. The Morgan fingerprint density at radius 2 is 2.05 bits per heavy atom. The van der Waals surface area contributed by atoms with Gasteiger partial charge in [0.15, 0.2) is 0 Å². The number of amides is 2. The lowest BCUT2D eigenvalue weighted by Crippen LogP contribution is -2.48. The molecule has 0 aromatic heterocycles. The summed E-state index contributed by atoms with van der Waals surface area (Å²) in [4.78, 5) is 22.8. The highest BCUT2D eigenvalue weighted by Crippen LogP contribution is 2.09. The monoisotopic (exact) mass is 327 g/mol. The lowest BCUT2D eigenvalue weighted by Gasteiger charge is -2.22. The molecule has 1 aliphatic rings. The molecular weight excluding hydrogens is 306 g/mol. The summed E-state index contributed by atoms with van der Waals surface area (Å²) >= 11 is 0. The van der Waals surface area contributed by atoms with E-state index in [4.69, 9.17) is 4.74 Å². The van der Waals surface area contributed by atoms with Crippen LogP contribution >= 0.6 is 12.4 Å². The second-order valence-corrected chi connectivity index (χ2v) is 4.98. The topological polar surface area (TPSA) is 79.5 Å². The maximum Gasteiger partial charge on any atom is 0.250 e. The number of halogens is 1. The molecule has 1 aromatic rings. The van der Waals surface area contributed by atoms with Gasteiger partial charge in [-0.15, -0.1) is 12.4 Å². The highest BCUT2D eigenvalue weighted by Gasteiger charge is 2.20. The molecule has 1 fully saturated rings. The summed E-state index contributed by atoms with van der Waals surface area (Å²) in [6.45, 7) is 3.98. The van der Waals surface area contributed by atoms with Gasteiger partial charge in [0.1, 0.15) is 6.10 Å². The fourth-order valence-electron chi connectivity index (χ4n) is 2.14. The number of anilines is 1.